The van der Waals surface area contributed by atoms with E-state index in [-0.39, 0.29) is 0 Å². The molecule has 6 nitrogen and oxygen atoms in total. The van der Waals surface area contributed by atoms with Crippen LogP contribution in [-0.2, 0) is 28.6 Å². The zero-order valence-electron chi connectivity index (χ0n) is 13.6. The molecule has 2 aliphatic rings. The van der Waals surface area contributed by atoms with Crippen LogP contribution in [-0.4, -0.2) is 34.1 Å². The molecule has 2 rings (SSSR count). The van der Waals surface area contributed by atoms with Gasteiger partial charge in [0, 0.05) is 0 Å². The van der Waals surface area contributed by atoms with Gasteiger partial charge in [0.15, 0.2) is 0 Å². The Kier molecular flexibility index (Phi) is 7.31. The normalized spacial score (nSPS) is 23.3. The first kappa shape index (κ1) is 19.1. The second-order valence-corrected chi connectivity index (χ2v) is 10.2. The fraction of sp³-hybridized carbons (Fsp3) is 1.00. The summed E-state index contributed by atoms with van der Waals surface area (Å²) < 4.78 is 58.5. The Morgan fingerprint density at radius 2 is 0.870 bits per heavy atom. The van der Waals surface area contributed by atoms with Gasteiger partial charge in [0.2, 0.25) is 5.08 Å². The third-order valence-electron chi connectivity index (χ3n) is 4.46. The van der Waals surface area contributed by atoms with E-state index in [9.17, 15) is 16.8 Å². The summed E-state index contributed by atoms with van der Waals surface area (Å²) in [5, 5.41) is -1.08. The lowest BCUT2D eigenvalue weighted by atomic mass is 10.2. The number of rotatable bonds is 6. The van der Waals surface area contributed by atoms with Crippen LogP contribution in [0, 0.1) is 0 Å². The first-order valence-corrected chi connectivity index (χ1v) is 11.8. The molecule has 8 heteroatoms. The van der Waals surface area contributed by atoms with Gasteiger partial charge in [0.1, 0.15) is 0 Å². The van der Waals surface area contributed by atoms with Crippen molar-refractivity contribution in [1.82, 2.24) is 0 Å². The monoisotopic (exact) mass is 368 g/mol. The average molecular weight is 369 g/mol. The van der Waals surface area contributed by atoms with Crippen molar-refractivity contribution in [3.63, 3.8) is 0 Å². The van der Waals surface area contributed by atoms with Gasteiger partial charge in [0.05, 0.1) is 12.2 Å². The summed E-state index contributed by atoms with van der Waals surface area (Å²) in [5.41, 5.74) is 0. The summed E-state index contributed by atoms with van der Waals surface area (Å²) in [7, 11) is -8.26. The predicted octanol–water partition coefficient (Wildman–Crippen LogP) is 3.08. The Bertz CT molecular complexity index is 489. The summed E-state index contributed by atoms with van der Waals surface area (Å²) in [6.07, 6.45) is 9.87. The minimum Gasteiger partial charge on any atom is -0.266 e. The maximum atomic E-state index is 12.1. The van der Waals surface area contributed by atoms with Crippen LogP contribution in [0.1, 0.15) is 77.0 Å². The average Bonchev–Trinajstić information content (AvgIpc) is 2.81. The van der Waals surface area contributed by atoms with Gasteiger partial charge in [-0.3, -0.25) is 8.37 Å². The maximum absolute atomic E-state index is 12.1. The molecule has 2 fully saturated rings. The highest BCUT2D eigenvalue weighted by molar-refractivity contribution is 8.03. The molecular weight excluding hydrogens is 340 g/mol. The van der Waals surface area contributed by atoms with Crippen LogP contribution in [0.15, 0.2) is 0 Å². The van der Waals surface area contributed by atoms with Crippen molar-refractivity contribution in [2.75, 3.05) is 5.08 Å². The van der Waals surface area contributed by atoms with Crippen molar-refractivity contribution in [2.45, 2.75) is 89.3 Å². The lowest BCUT2D eigenvalue weighted by molar-refractivity contribution is 0.186. The summed E-state index contributed by atoms with van der Waals surface area (Å²) in [6.45, 7) is 0. The second kappa shape index (κ2) is 8.78. The molecule has 0 aliphatic heterocycles. The van der Waals surface area contributed by atoms with E-state index >= 15 is 0 Å². The van der Waals surface area contributed by atoms with E-state index in [1.165, 1.54) is 0 Å². The highest BCUT2D eigenvalue weighted by Crippen LogP contribution is 2.24. The van der Waals surface area contributed by atoms with Crippen molar-refractivity contribution >= 4 is 20.2 Å². The zero-order chi connectivity index (χ0) is 16.8. The van der Waals surface area contributed by atoms with E-state index in [4.69, 9.17) is 8.37 Å². The molecule has 0 aromatic heterocycles. The third kappa shape index (κ3) is 7.49. The van der Waals surface area contributed by atoms with E-state index < -0.39 is 37.5 Å². The van der Waals surface area contributed by atoms with Crippen LogP contribution in [0.2, 0.25) is 0 Å². The van der Waals surface area contributed by atoms with E-state index in [0.29, 0.717) is 25.7 Å². The Morgan fingerprint density at radius 1 is 0.565 bits per heavy atom. The number of hydrogen-bond donors (Lipinski definition) is 0. The van der Waals surface area contributed by atoms with Gasteiger partial charge in [-0.25, -0.2) is 0 Å². The van der Waals surface area contributed by atoms with Gasteiger partial charge in [-0.1, -0.05) is 51.4 Å². The fourth-order valence-electron chi connectivity index (χ4n) is 3.32. The van der Waals surface area contributed by atoms with Crippen LogP contribution in [0.3, 0.4) is 0 Å². The minimum atomic E-state index is -4.13. The van der Waals surface area contributed by atoms with E-state index in [1.807, 2.05) is 0 Å². The summed E-state index contributed by atoms with van der Waals surface area (Å²) >= 11 is 0. The molecule has 0 radical (unpaired) electrons. The summed E-state index contributed by atoms with van der Waals surface area (Å²) in [5.74, 6) is 0. The third-order valence-corrected chi connectivity index (χ3v) is 7.90. The summed E-state index contributed by atoms with van der Waals surface area (Å²) in [6, 6.07) is 0. The minimum absolute atomic E-state index is 0.393. The molecule has 0 aromatic carbocycles. The van der Waals surface area contributed by atoms with E-state index in [0.717, 1.165) is 51.4 Å². The highest BCUT2D eigenvalue weighted by Gasteiger charge is 2.30. The fourth-order valence-corrected chi connectivity index (χ4v) is 6.40. The second-order valence-electron chi connectivity index (χ2n) is 6.65. The first-order chi connectivity index (χ1) is 10.9. The quantitative estimate of drug-likeness (QED) is 0.529. The van der Waals surface area contributed by atoms with Gasteiger partial charge >= 0.3 is 0 Å². The smallest absolute Gasteiger partial charge is 0.266 e. The predicted molar refractivity (Wildman–Crippen MR) is 87.9 cm³/mol. The van der Waals surface area contributed by atoms with Crippen LogP contribution in [0.25, 0.3) is 0 Å². The highest BCUT2D eigenvalue weighted by atomic mass is 32.3. The Hall–Kier alpha value is -0.180. The van der Waals surface area contributed by atoms with Gasteiger partial charge in [-0.15, -0.1) is 0 Å². The lowest BCUT2D eigenvalue weighted by Gasteiger charge is -2.17. The largest absolute Gasteiger partial charge is 0.284 e. The zero-order valence-corrected chi connectivity index (χ0v) is 15.2. The molecule has 0 spiro atoms. The molecule has 0 saturated heterocycles. The first-order valence-electron chi connectivity index (χ1n) is 8.68. The molecule has 0 amide bonds. The molecule has 23 heavy (non-hydrogen) atoms. The Labute approximate surface area is 140 Å². The standard InChI is InChI=1S/C15H28O6S2/c16-22(17,20-14-9-5-1-2-6-10-14)13-23(18,19)21-15-11-7-3-4-8-12-15/h14-15H,1-13H2. The van der Waals surface area contributed by atoms with Crippen molar-refractivity contribution in [2.24, 2.45) is 0 Å². The topological polar surface area (TPSA) is 86.7 Å². The van der Waals surface area contributed by atoms with Crippen molar-refractivity contribution in [1.29, 1.82) is 0 Å². The molecular formula is C15H28O6S2. The van der Waals surface area contributed by atoms with Gasteiger partial charge in [-0.05, 0) is 25.7 Å². The molecule has 0 heterocycles. The summed E-state index contributed by atoms with van der Waals surface area (Å²) in [4.78, 5) is 0. The van der Waals surface area contributed by atoms with Gasteiger partial charge in [0.25, 0.3) is 20.2 Å². The molecule has 0 N–H and O–H groups in total. The Balaban J connectivity index is 1.89. The van der Waals surface area contributed by atoms with Crippen molar-refractivity contribution in [3.8, 4) is 0 Å². The van der Waals surface area contributed by atoms with Crippen LogP contribution >= 0.6 is 0 Å². The molecule has 2 saturated carbocycles. The van der Waals surface area contributed by atoms with Crippen LogP contribution in [0.4, 0.5) is 0 Å². The molecule has 136 valence electrons. The number of hydrogen-bond acceptors (Lipinski definition) is 6. The van der Waals surface area contributed by atoms with Crippen LogP contribution < -0.4 is 0 Å². The van der Waals surface area contributed by atoms with Crippen LogP contribution in [0.5, 0.6) is 0 Å². The van der Waals surface area contributed by atoms with Crippen molar-refractivity contribution < 1.29 is 25.2 Å². The van der Waals surface area contributed by atoms with Gasteiger partial charge in [-0.2, -0.15) is 16.8 Å². The SMILES string of the molecule is O=S(=O)(CS(=O)(=O)OC1CCCCCC1)OC1CCCCCC1. The Morgan fingerprint density at radius 3 is 1.17 bits per heavy atom. The molecule has 0 atom stereocenters. The molecule has 0 unspecified atom stereocenters. The molecule has 0 aromatic rings. The molecule has 0 bridgehead atoms. The van der Waals surface area contributed by atoms with Gasteiger partial charge < -0.3 is 0 Å². The van der Waals surface area contributed by atoms with E-state index in [2.05, 4.69) is 0 Å². The molecule has 2 aliphatic carbocycles. The maximum Gasteiger partial charge on any atom is 0.284 e. The van der Waals surface area contributed by atoms with Crippen molar-refractivity contribution in [3.05, 3.63) is 0 Å². The van der Waals surface area contributed by atoms with E-state index in [1.54, 1.807) is 0 Å². The lowest BCUT2D eigenvalue weighted by Crippen LogP contribution is -2.28.